The molecule has 0 aliphatic carbocycles. The zero-order valence-corrected chi connectivity index (χ0v) is 19.0. The number of ether oxygens (including phenoxy) is 1. The van der Waals surface area contributed by atoms with Crippen molar-refractivity contribution in [2.45, 2.75) is 58.4 Å². The molecule has 1 aliphatic heterocycles. The first kappa shape index (κ1) is 24.4. The summed E-state index contributed by atoms with van der Waals surface area (Å²) in [6.45, 7) is 4.35. The monoisotopic (exact) mass is 459 g/mol. The van der Waals surface area contributed by atoms with Crippen LogP contribution >= 0.6 is 11.6 Å². The molecule has 1 aromatic carbocycles. The first-order valence-electron chi connectivity index (χ1n) is 10.2. The molecule has 2 N–H and O–H groups in total. The minimum atomic E-state index is -3.48. The lowest BCUT2D eigenvalue weighted by Gasteiger charge is -2.33. The fraction of sp³-hybridized carbons (Fsp3) is 0.600. The van der Waals surface area contributed by atoms with E-state index in [0.29, 0.717) is 43.2 Å². The molecule has 0 bridgehead atoms. The number of carbonyl (C=O) groups excluding carboxylic acids is 2. The van der Waals surface area contributed by atoms with E-state index >= 15 is 0 Å². The van der Waals surface area contributed by atoms with Gasteiger partial charge in [-0.15, -0.1) is 0 Å². The van der Waals surface area contributed by atoms with Crippen LogP contribution in [0.1, 0.15) is 51.0 Å². The Morgan fingerprint density at radius 3 is 2.73 bits per heavy atom. The van der Waals surface area contributed by atoms with Crippen LogP contribution in [0.2, 0.25) is 5.02 Å². The Labute approximate surface area is 183 Å². The molecule has 1 unspecified atom stereocenters. The van der Waals surface area contributed by atoms with Gasteiger partial charge in [-0.2, -0.15) is 4.31 Å². The second kappa shape index (κ2) is 11.5. The summed E-state index contributed by atoms with van der Waals surface area (Å²) < 4.78 is 31.7. The van der Waals surface area contributed by atoms with Crippen molar-refractivity contribution in [3.8, 4) is 5.75 Å². The van der Waals surface area contributed by atoms with E-state index in [2.05, 4.69) is 10.9 Å². The maximum absolute atomic E-state index is 12.5. The Hall–Kier alpha value is -1.84. The lowest BCUT2D eigenvalue weighted by Crippen LogP contribution is -2.55. The molecule has 1 aromatic rings. The first-order valence-corrected chi connectivity index (χ1v) is 12.2. The average molecular weight is 460 g/mol. The number of hydrogen-bond donors (Lipinski definition) is 2. The number of hydrazine groups is 1. The van der Waals surface area contributed by atoms with Crippen LogP contribution in [0.5, 0.6) is 5.75 Å². The van der Waals surface area contributed by atoms with Gasteiger partial charge in [-0.1, -0.05) is 24.9 Å². The van der Waals surface area contributed by atoms with Crippen LogP contribution in [0.15, 0.2) is 18.2 Å². The van der Waals surface area contributed by atoms with E-state index in [1.165, 1.54) is 4.31 Å². The number of benzene rings is 1. The van der Waals surface area contributed by atoms with E-state index in [-0.39, 0.29) is 18.1 Å². The number of piperidine rings is 1. The first-order chi connectivity index (χ1) is 14.2. The summed E-state index contributed by atoms with van der Waals surface area (Å²) in [4.78, 5) is 24.5. The molecule has 0 saturated carbocycles. The molecule has 10 heteroatoms. The summed E-state index contributed by atoms with van der Waals surface area (Å²) in [7, 11) is -3.48. The fourth-order valence-corrected chi connectivity index (χ4v) is 5.32. The lowest BCUT2D eigenvalue weighted by molar-refractivity contribution is -0.131. The van der Waals surface area contributed by atoms with Gasteiger partial charge in [0.15, 0.2) is 0 Å². The molecule has 8 nitrogen and oxygen atoms in total. The SMILES string of the molecule is CCCS(=O)(=O)N1CCCCC1C(=O)NNC(=O)CCCOc1ccc(Cl)cc1C. The third kappa shape index (κ3) is 7.14. The molecule has 1 heterocycles. The van der Waals surface area contributed by atoms with Crippen molar-refractivity contribution in [1.29, 1.82) is 0 Å². The molecule has 1 fully saturated rings. The van der Waals surface area contributed by atoms with Gasteiger partial charge in [0.05, 0.1) is 12.4 Å². The van der Waals surface area contributed by atoms with Gasteiger partial charge in [0.25, 0.3) is 5.91 Å². The van der Waals surface area contributed by atoms with Gasteiger partial charge in [0, 0.05) is 18.0 Å². The van der Waals surface area contributed by atoms with Crippen molar-refractivity contribution in [3.05, 3.63) is 28.8 Å². The predicted molar refractivity (Wildman–Crippen MR) is 116 cm³/mol. The molecule has 2 rings (SSSR count). The van der Waals surface area contributed by atoms with E-state index in [1.807, 2.05) is 6.92 Å². The molecule has 30 heavy (non-hydrogen) atoms. The number of halogens is 1. The van der Waals surface area contributed by atoms with E-state index in [9.17, 15) is 18.0 Å². The quantitative estimate of drug-likeness (QED) is 0.436. The Bertz CT molecular complexity index is 847. The average Bonchev–Trinajstić information content (AvgIpc) is 2.70. The maximum Gasteiger partial charge on any atom is 0.256 e. The number of nitrogens with one attached hydrogen (secondary N) is 2. The minimum Gasteiger partial charge on any atom is -0.493 e. The zero-order chi connectivity index (χ0) is 22.1. The second-order valence-corrected chi connectivity index (χ2v) is 9.82. The summed E-state index contributed by atoms with van der Waals surface area (Å²) in [6.07, 6.45) is 3.05. The van der Waals surface area contributed by atoms with Gasteiger partial charge in [-0.05, 0) is 56.4 Å². The van der Waals surface area contributed by atoms with Gasteiger partial charge in [0.1, 0.15) is 11.8 Å². The number of carbonyl (C=O) groups is 2. The number of amides is 2. The third-order valence-electron chi connectivity index (χ3n) is 4.84. The molecule has 0 spiro atoms. The Morgan fingerprint density at radius 1 is 1.27 bits per heavy atom. The van der Waals surface area contributed by atoms with Crippen molar-refractivity contribution >= 4 is 33.4 Å². The molecule has 0 radical (unpaired) electrons. The van der Waals surface area contributed by atoms with Gasteiger partial charge >= 0.3 is 0 Å². The minimum absolute atomic E-state index is 0.0102. The van der Waals surface area contributed by atoms with Gasteiger partial charge < -0.3 is 4.74 Å². The maximum atomic E-state index is 12.5. The molecule has 1 aliphatic rings. The molecular formula is C20H30ClN3O5S. The van der Waals surface area contributed by atoms with Crippen LogP contribution in [-0.2, 0) is 19.6 Å². The highest BCUT2D eigenvalue weighted by Gasteiger charge is 2.36. The van der Waals surface area contributed by atoms with E-state index < -0.39 is 22.0 Å². The Kier molecular flexibility index (Phi) is 9.38. The molecular weight excluding hydrogens is 430 g/mol. The topological polar surface area (TPSA) is 105 Å². The summed E-state index contributed by atoms with van der Waals surface area (Å²) in [5.74, 6) is -0.149. The van der Waals surface area contributed by atoms with E-state index in [4.69, 9.17) is 16.3 Å². The molecule has 0 aromatic heterocycles. The largest absolute Gasteiger partial charge is 0.493 e. The summed E-state index contributed by atoms with van der Waals surface area (Å²) in [6, 6.07) is 4.53. The van der Waals surface area contributed by atoms with Crippen molar-refractivity contribution in [2.24, 2.45) is 0 Å². The number of aryl methyl sites for hydroxylation is 1. The smallest absolute Gasteiger partial charge is 0.256 e. The van der Waals surface area contributed by atoms with Gasteiger partial charge in [0.2, 0.25) is 15.9 Å². The highest BCUT2D eigenvalue weighted by Crippen LogP contribution is 2.22. The van der Waals surface area contributed by atoms with Crippen molar-refractivity contribution in [3.63, 3.8) is 0 Å². The number of hydrogen-bond acceptors (Lipinski definition) is 5. The predicted octanol–water partition coefficient (Wildman–Crippen LogP) is 2.55. The van der Waals surface area contributed by atoms with Crippen LogP contribution < -0.4 is 15.6 Å². The standard InChI is InChI=1S/C20H30ClN3O5S/c1-3-13-30(27,28)24-11-5-4-7-17(24)20(26)23-22-19(25)8-6-12-29-18-10-9-16(21)14-15(18)2/h9-10,14,17H,3-8,11-13H2,1-2H3,(H,22,25)(H,23,26). The van der Waals surface area contributed by atoms with Crippen LogP contribution in [0.4, 0.5) is 0 Å². The van der Waals surface area contributed by atoms with Crippen LogP contribution in [-0.4, -0.2) is 49.5 Å². The molecule has 1 atom stereocenters. The summed E-state index contributed by atoms with van der Waals surface area (Å²) in [5, 5.41) is 0.633. The van der Waals surface area contributed by atoms with Crippen LogP contribution in [0.25, 0.3) is 0 Å². The van der Waals surface area contributed by atoms with Crippen molar-refractivity contribution < 1.29 is 22.7 Å². The highest BCUT2D eigenvalue weighted by atomic mass is 35.5. The second-order valence-electron chi connectivity index (χ2n) is 7.34. The summed E-state index contributed by atoms with van der Waals surface area (Å²) in [5.41, 5.74) is 5.65. The van der Waals surface area contributed by atoms with Crippen molar-refractivity contribution in [2.75, 3.05) is 18.9 Å². The highest BCUT2D eigenvalue weighted by molar-refractivity contribution is 7.89. The Balaban J connectivity index is 1.75. The van der Waals surface area contributed by atoms with E-state index in [1.54, 1.807) is 25.1 Å². The number of rotatable bonds is 9. The van der Waals surface area contributed by atoms with Crippen LogP contribution in [0.3, 0.4) is 0 Å². The number of nitrogens with zero attached hydrogens (tertiary/aromatic N) is 1. The summed E-state index contributed by atoms with van der Waals surface area (Å²) >= 11 is 5.91. The molecule has 1 saturated heterocycles. The van der Waals surface area contributed by atoms with Crippen molar-refractivity contribution in [1.82, 2.24) is 15.2 Å². The van der Waals surface area contributed by atoms with Gasteiger partial charge in [-0.3, -0.25) is 20.4 Å². The zero-order valence-electron chi connectivity index (χ0n) is 17.4. The molecule has 168 valence electrons. The Morgan fingerprint density at radius 2 is 2.03 bits per heavy atom. The van der Waals surface area contributed by atoms with Crippen LogP contribution in [0, 0.1) is 6.92 Å². The third-order valence-corrected chi connectivity index (χ3v) is 7.15. The lowest BCUT2D eigenvalue weighted by atomic mass is 10.0. The molecule has 2 amide bonds. The number of sulfonamides is 1. The normalized spacial score (nSPS) is 17.4. The van der Waals surface area contributed by atoms with Gasteiger partial charge in [-0.25, -0.2) is 8.42 Å². The van der Waals surface area contributed by atoms with E-state index in [0.717, 1.165) is 18.4 Å². The fourth-order valence-electron chi connectivity index (χ4n) is 3.34.